The molecule has 0 radical (unpaired) electrons. The van der Waals surface area contributed by atoms with E-state index in [1.165, 1.54) is 6.42 Å². The molecular formula is C11H21N3. The molecule has 3 heteroatoms. The van der Waals surface area contributed by atoms with E-state index in [1.54, 1.807) is 0 Å². The van der Waals surface area contributed by atoms with Gasteiger partial charge in [0.15, 0.2) is 0 Å². The van der Waals surface area contributed by atoms with Gasteiger partial charge in [0.25, 0.3) is 0 Å². The van der Waals surface area contributed by atoms with Crippen molar-refractivity contribution < 1.29 is 0 Å². The van der Waals surface area contributed by atoms with Gasteiger partial charge in [-0.3, -0.25) is 0 Å². The van der Waals surface area contributed by atoms with E-state index in [9.17, 15) is 0 Å². The number of hydrogen-bond acceptors (Lipinski definition) is 2. The molecule has 0 saturated heterocycles. The van der Waals surface area contributed by atoms with E-state index < -0.39 is 0 Å². The predicted molar refractivity (Wildman–Crippen MR) is 59.1 cm³/mol. The van der Waals surface area contributed by atoms with Crippen molar-refractivity contribution in [3.05, 3.63) is 18.2 Å². The zero-order valence-electron chi connectivity index (χ0n) is 9.67. The van der Waals surface area contributed by atoms with Crippen molar-refractivity contribution in [1.82, 2.24) is 14.9 Å². The number of hydrogen-bond donors (Lipinski definition) is 1. The SMILES string of the molecule is CNCc1cn(CCC(C)(C)C)cn1. The largest absolute Gasteiger partial charge is 0.337 e. The zero-order valence-corrected chi connectivity index (χ0v) is 9.67. The van der Waals surface area contributed by atoms with Gasteiger partial charge in [-0.05, 0) is 18.9 Å². The van der Waals surface area contributed by atoms with Crippen molar-refractivity contribution in [3.63, 3.8) is 0 Å². The lowest BCUT2D eigenvalue weighted by Gasteiger charge is -2.17. The summed E-state index contributed by atoms with van der Waals surface area (Å²) in [7, 11) is 1.94. The molecular weight excluding hydrogens is 174 g/mol. The fraction of sp³-hybridized carbons (Fsp3) is 0.727. The molecule has 0 atom stereocenters. The van der Waals surface area contributed by atoms with Gasteiger partial charge >= 0.3 is 0 Å². The fourth-order valence-electron chi connectivity index (χ4n) is 1.27. The summed E-state index contributed by atoms with van der Waals surface area (Å²) in [6.45, 7) is 8.69. The lowest BCUT2D eigenvalue weighted by Crippen LogP contribution is -2.09. The van der Waals surface area contributed by atoms with E-state index in [-0.39, 0.29) is 0 Å². The van der Waals surface area contributed by atoms with Crippen molar-refractivity contribution in [3.8, 4) is 0 Å². The second-order valence-electron chi connectivity index (χ2n) is 4.94. The molecule has 0 unspecified atom stereocenters. The molecule has 1 heterocycles. The van der Waals surface area contributed by atoms with E-state index >= 15 is 0 Å². The molecule has 0 aliphatic rings. The Morgan fingerprint density at radius 3 is 2.71 bits per heavy atom. The Kier molecular flexibility index (Phi) is 3.69. The summed E-state index contributed by atoms with van der Waals surface area (Å²) in [6.07, 6.45) is 5.21. The van der Waals surface area contributed by atoms with Gasteiger partial charge in [-0.25, -0.2) is 4.98 Å². The zero-order chi connectivity index (χ0) is 10.6. The maximum atomic E-state index is 4.31. The minimum atomic E-state index is 0.396. The van der Waals surface area contributed by atoms with Crippen molar-refractivity contribution in [2.45, 2.75) is 40.3 Å². The number of nitrogens with one attached hydrogen (secondary N) is 1. The van der Waals surface area contributed by atoms with Crippen LogP contribution in [0.1, 0.15) is 32.9 Å². The van der Waals surface area contributed by atoms with Crippen LogP contribution in [0.3, 0.4) is 0 Å². The molecule has 0 fully saturated rings. The number of aryl methyl sites for hydroxylation is 1. The summed E-state index contributed by atoms with van der Waals surface area (Å²) in [4.78, 5) is 4.31. The van der Waals surface area contributed by atoms with Gasteiger partial charge in [0.2, 0.25) is 0 Å². The highest BCUT2D eigenvalue weighted by Gasteiger charge is 2.09. The maximum absolute atomic E-state index is 4.31. The highest BCUT2D eigenvalue weighted by atomic mass is 15.0. The molecule has 80 valence electrons. The lowest BCUT2D eigenvalue weighted by molar-refractivity contribution is 0.350. The molecule has 0 saturated carbocycles. The van der Waals surface area contributed by atoms with Gasteiger partial charge in [-0.2, -0.15) is 0 Å². The van der Waals surface area contributed by atoms with E-state index in [1.807, 2.05) is 13.4 Å². The first kappa shape index (κ1) is 11.2. The van der Waals surface area contributed by atoms with Crippen molar-refractivity contribution in [1.29, 1.82) is 0 Å². The Hall–Kier alpha value is -0.830. The van der Waals surface area contributed by atoms with Gasteiger partial charge in [0.05, 0.1) is 12.0 Å². The van der Waals surface area contributed by atoms with Crippen LogP contribution in [-0.4, -0.2) is 16.6 Å². The Labute approximate surface area is 86.5 Å². The van der Waals surface area contributed by atoms with Crippen molar-refractivity contribution >= 4 is 0 Å². The number of rotatable bonds is 4. The number of aromatic nitrogens is 2. The summed E-state index contributed by atoms with van der Waals surface area (Å²) in [5.74, 6) is 0. The van der Waals surface area contributed by atoms with Crippen LogP contribution in [0, 0.1) is 5.41 Å². The molecule has 3 nitrogen and oxygen atoms in total. The third-order valence-electron chi connectivity index (χ3n) is 2.16. The molecule has 0 amide bonds. The summed E-state index contributed by atoms with van der Waals surface area (Å²) >= 11 is 0. The lowest BCUT2D eigenvalue weighted by atomic mass is 9.92. The van der Waals surface area contributed by atoms with Crippen LogP contribution in [0.15, 0.2) is 12.5 Å². The van der Waals surface area contributed by atoms with Crippen LogP contribution in [0.25, 0.3) is 0 Å². The third kappa shape index (κ3) is 3.92. The summed E-state index contributed by atoms with van der Waals surface area (Å²) in [5.41, 5.74) is 1.51. The Bertz CT molecular complexity index is 270. The predicted octanol–water partition coefficient (Wildman–Crippen LogP) is 2.04. The van der Waals surface area contributed by atoms with E-state index in [2.05, 4.69) is 41.8 Å². The Morgan fingerprint density at radius 2 is 2.14 bits per heavy atom. The molecule has 14 heavy (non-hydrogen) atoms. The molecule has 0 bridgehead atoms. The second-order valence-corrected chi connectivity index (χ2v) is 4.94. The van der Waals surface area contributed by atoms with Gasteiger partial charge in [0, 0.05) is 19.3 Å². The summed E-state index contributed by atoms with van der Waals surface area (Å²) in [5, 5.41) is 3.09. The minimum Gasteiger partial charge on any atom is -0.337 e. The quantitative estimate of drug-likeness (QED) is 0.796. The van der Waals surface area contributed by atoms with Crippen LogP contribution < -0.4 is 5.32 Å². The minimum absolute atomic E-state index is 0.396. The van der Waals surface area contributed by atoms with E-state index in [0.717, 1.165) is 18.8 Å². The van der Waals surface area contributed by atoms with E-state index in [0.29, 0.717) is 5.41 Å². The molecule has 0 aliphatic carbocycles. The maximum Gasteiger partial charge on any atom is 0.0949 e. The third-order valence-corrected chi connectivity index (χ3v) is 2.16. The van der Waals surface area contributed by atoms with Gasteiger partial charge in [-0.1, -0.05) is 20.8 Å². The monoisotopic (exact) mass is 195 g/mol. The summed E-state index contributed by atoms with van der Waals surface area (Å²) in [6, 6.07) is 0. The van der Waals surface area contributed by atoms with Gasteiger partial charge in [-0.15, -0.1) is 0 Å². The Morgan fingerprint density at radius 1 is 1.43 bits per heavy atom. The smallest absolute Gasteiger partial charge is 0.0949 e. The Balaban J connectivity index is 2.44. The summed E-state index contributed by atoms with van der Waals surface area (Å²) < 4.78 is 2.16. The van der Waals surface area contributed by atoms with Crippen molar-refractivity contribution in [2.24, 2.45) is 5.41 Å². The molecule has 0 aliphatic heterocycles. The van der Waals surface area contributed by atoms with Crippen LogP contribution >= 0.6 is 0 Å². The van der Waals surface area contributed by atoms with Gasteiger partial charge in [0.1, 0.15) is 0 Å². The van der Waals surface area contributed by atoms with Gasteiger partial charge < -0.3 is 9.88 Å². The van der Waals surface area contributed by atoms with Crippen LogP contribution in [0.2, 0.25) is 0 Å². The first-order valence-electron chi connectivity index (χ1n) is 5.16. The normalized spacial score (nSPS) is 12.0. The first-order chi connectivity index (χ1) is 6.51. The number of nitrogens with zero attached hydrogens (tertiary/aromatic N) is 2. The molecule has 1 N–H and O–H groups in total. The van der Waals surface area contributed by atoms with Crippen LogP contribution in [0.4, 0.5) is 0 Å². The first-order valence-corrected chi connectivity index (χ1v) is 5.16. The highest BCUT2D eigenvalue weighted by Crippen LogP contribution is 2.19. The number of imidazole rings is 1. The molecule has 1 rings (SSSR count). The highest BCUT2D eigenvalue weighted by molar-refractivity contribution is 4.95. The average Bonchev–Trinajstić information content (AvgIpc) is 2.49. The molecule has 1 aromatic heterocycles. The van der Waals surface area contributed by atoms with Crippen LogP contribution in [0.5, 0.6) is 0 Å². The fourth-order valence-corrected chi connectivity index (χ4v) is 1.27. The molecule has 0 aromatic carbocycles. The van der Waals surface area contributed by atoms with Crippen molar-refractivity contribution in [2.75, 3.05) is 7.05 Å². The van der Waals surface area contributed by atoms with Crippen LogP contribution in [-0.2, 0) is 13.1 Å². The molecule has 1 aromatic rings. The average molecular weight is 195 g/mol. The van der Waals surface area contributed by atoms with E-state index in [4.69, 9.17) is 0 Å². The second kappa shape index (κ2) is 4.60. The standard InChI is InChI=1S/C11H21N3/c1-11(2,3)5-6-14-8-10(7-12-4)13-9-14/h8-9,12H,5-7H2,1-4H3. The molecule has 0 spiro atoms. The topological polar surface area (TPSA) is 29.9 Å².